The van der Waals surface area contributed by atoms with E-state index in [-0.39, 0.29) is 0 Å². The molecule has 144 heavy (non-hydrogen) atoms. The quantitative estimate of drug-likeness (QED) is 0.0269. The molecule has 0 atom stereocenters. The highest BCUT2D eigenvalue weighted by molar-refractivity contribution is 4.84. The molecule has 0 unspecified atom stereocenters. The predicted molar refractivity (Wildman–Crippen MR) is 492 cm³/mol. The van der Waals surface area contributed by atoms with Crippen molar-refractivity contribution in [2.45, 2.75) is 0 Å². The monoisotopic (exact) mass is 2180 g/mol. The Balaban J connectivity index is -0.0000000867. The minimum absolute atomic E-state index is 0.406. The van der Waals surface area contributed by atoms with Gasteiger partial charge >= 0.3 is 0 Å². The Morgan fingerprint density at radius 3 is 0.0556 bits per heavy atom. The Hall–Kier alpha value is -2.56. The molecule has 0 rings (SSSR count). The first-order chi connectivity index (χ1) is 67.9. The Bertz CT molecular complexity index is 1470. The maximum absolute atomic E-state index is 8.50. The summed E-state index contributed by atoms with van der Waals surface area (Å²) < 4.78 is 0. The van der Waals surface area contributed by atoms with Gasteiger partial charge in [0.2, 0.25) is 0 Å². The van der Waals surface area contributed by atoms with E-state index < -0.39 is 509 Å². The zero-order valence-electron chi connectivity index (χ0n) is 81.9. The molecule has 0 spiro atoms. The van der Waals surface area contributed by atoms with E-state index in [0.717, 1.165) is 0 Å². The predicted octanol–water partition coefficient (Wildman–Crippen LogP) is -32.9. The zero-order valence-corrected chi connectivity index (χ0v) is 81.9. The molecule has 0 aliphatic carbocycles. The fourth-order valence-corrected chi connectivity index (χ4v) is 4.80. The maximum Gasteiger partial charge on any atom is 0.0627 e. The van der Waals surface area contributed by atoms with Crippen LogP contribution in [0.4, 0.5) is 0 Å². The molecule has 0 aliphatic rings. The van der Waals surface area contributed by atoms with Crippen LogP contribution in [0.15, 0.2) is 0 Å². The summed E-state index contributed by atoms with van der Waals surface area (Å²) in [6.07, 6.45) is 0. The van der Waals surface area contributed by atoms with E-state index in [0.29, 0.717) is 0 Å². The van der Waals surface area contributed by atoms with Gasteiger partial charge in [0.25, 0.3) is 0 Å². The van der Waals surface area contributed by atoms with Crippen LogP contribution < -0.4 is 0 Å². The largest absolute Gasteiger partial charge is 0.396 e. The van der Waals surface area contributed by atoms with E-state index in [2.05, 4.69) is 0 Å². The van der Waals surface area contributed by atoms with Gasteiger partial charge in [-0.25, -0.2) is 0 Å². The van der Waals surface area contributed by atoms with Crippen molar-refractivity contribution in [3.05, 3.63) is 0 Å². The van der Waals surface area contributed by atoms with Crippen LogP contribution >= 0.6 is 0 Å². The van der Waals surface area contributed by atoms with Crippen molar-refractivity contribution in [2.75, 3.05) is 423 Å². The molecule has 896 valence electrons. The molecule has 0 heterocycles. The van der Waals surface area contributed by atoms with Gasteiger partial charge in [0, 0.05) is 0 Å². The Kier molecular flexibility index (Phi) is 136. The fourth-order valence-electron chi connectivity index (χ4n) is 4.80. The van der Waals surface area contributed by atoms with Gasteiger partial charge in [0.05, 0.1) is 509 Å². The zero-order chi connectivity index (χ0) is 117. The van der Waals surface area contributed by atoms with Crippen molar-refractivity contribution in [3.63, 3.8) is 0 Å². The molecule has 64 heteroatoms. The average Bonchev–Trinajstić information content (AvgIpc) is 1.08. The molecule has 64 N–H and O–H groups in total. The second-order valence-corrected chi connectivity index (χ2v) is 34.1. The van der Waals surface area contributed by atoms with Gasteiger partial charge in [0.1, 0.15) is 0 Å². The van der Waals surface area contributed by atoms with Crippen molar-refractivity contribution in [3.8, 4) is 0 Å². The van der Waals surface area contributed by atoms with Crippen LogP contribution in [0, 0.1) is 86.6 Å². The summed E-state index contributed by atoms with van der Waals surface area (Å²) in [5.41, 5.74) is -17.8. The Morgan fingerprint density at radius 1 is 0.0417 bits per heavy atom. The van der Waals surface area contributed by atoms with Crippen molar-refractivity contribution in [1.29, 1.82) is 0 Å². The van der Waals surface area contributed by atoms with Gasteiger partial charge in [-0.2, -0.15) is 0 Å². The van der Waals surface area contributed by atoms with E-state index in [1.54, 1.807) is 0 Å². The van der Waals surface area contributed by atoms with Gasteiger partial charge in [-0.1, -0.05) is 0 Å². The molecule has 64 nitrogen and oxygen atoms in total. The minimum Gasteiger partial charge on any atom is -0.396 e. The molecular formula is C80H192O64. The van der Waals surface area contributed by atoms with Crippen LogP contribution in [0.1, 0.15) is 0 Å². The molecule has 0 fully saturated rings. The second-order valence-electron chi connectivity index (χ2n) is 34.1. The Morgan fingerprint density at radius 2 is 0.0556 bits per heavy atom. The first-order valence-corrected chi connectivity index (χ1v) is 42.9. The maximum atomic E-state index is 8.50. The van der Waals surface area contributed by atoms with Gasteiger partial charge in [-0.15, -0.1) is 0 Å². The molecule has 0 aliphatic heterocycles. The van der Waals surface area contributed by atoms with Crippen LogP contribution in [0.3, 0.4) is 0 Å². The first kappa shape index (κ1) is 177. The molecule has 0 radical (unpaired) electrons. The number of aliphatic hydroxyl groups excluding tert-OH is 64. The van der Waals surface area contributed by atoms with Gasteiger partial charge in [-0.3, -0.25) is 0 Å². The summed E-state index contributed by atoms with van der Waals surface area (Å²) in [5, 5.41) is 544. The van der Waals surface area contributed by atoms with Gasteiger partial charge in [0.15, 0.2) is 0 Å². The lowest BCUT2D eigenvalue weighted by molar-refractivity contribution is -0.0332. The molecule has 0 saturated heterocycles. The van der Waals surface area contributed by atoms with Gasteiger partial charge in [-0.05, 0) is 0 Å². The Labute approximate surface area is 833 Å². The SMILES string of the molecule is OCC(CO)(CO)CO.OCC(CO)(CO)CO.OCC(CO)(CO)CO.OCC(CO)(CO)CO.OCC(CO)(CO)CO.OCC(CO)(CO)CO.OCC(CO)(CO)CO.OCC(CO)(CO)CO.OCC(CO)(CO)CO.OCC(CO)(CO)CO.OCC(CO)(CO)CO.OCC(CO)(CO)CO.OCC(CO)(CO)CO.OCC(CO)(CO)CO.OCC(CO)(CO)CO.OCC(CO)(CO)CO. The molecular weight excluding hydrogens is 1980 g/mol. The summed E-state index contributed by atoms with van der Waals surface area (Å²) in [6.45, 7) is -26.0. The van der Waals surface area contributed by atoms with Crippen LogP contribution in [0.25, 0.3) is 0 Å². The number of aliphatic hydroxyl groups is 64. The van der Waals surface area contributed by atoms with Crippen LogP contribution in [0.2, 0.25) is 0 Å². The second kappa shape index (κ2) is 110. The fraction of sp³-hybridized carbons (Fsp3) is 1.00. The third kappa shape index (κ3) is 74.5. The minimum atomic E-state index is -1.11. The van der Waals surface area contributed by atoms with Crippen molar-refractivity contribution < 1.29 is 327 Å². The first-order valence-electron chi connectivity index (χ1n) is 42.9. The molecule has 0 amide bonds. The van der Waals surface area contributed by atoms with Crippen molar-refractivity contribution in [1.82, 2.24) is 0 Å². The molecule has 0 saturated carbocycles. The topological polar surface area (TPSA) is 1290 Å². The molecule has 0 aromatic carbocycles. The molecule has 0 aromatic heterocycles. The van der Waals surface area contributed by atoms with E-state index in [1.165, 1.54) is 0 Å². The van der Waals surface area contributed by atoms with E-state index in [9.17, 15) is 0 Å². The van der Waals surface area contributed by atoms with Crippen LogP contribution in [-0.4, -0.2) is 750 Å². The average molecular weight is 2180 g/mol. The number of hydrogen-bond acceptors (Lipinski definition) is 64. The molecule has 0 aromatic rings. The van der Waals surface area contributed by atoms with Gasteiger partial charge < -0.3 is 327 Å². The third-order valence-corrected chi connectivity index (χ3v) is 21.5. The number of hydrogen-bond donors (Lipinski definition) is 64. The smallest absolute Gasteiger partial charge is 0.0627 e. The lowest BCUT2D eigenvalue weighted by atomic mass is 9.93. The summed E-state index contributed by atoms with van der Waals surface area (Å²) in [7, 11) is 0. The van der Waals surface area contributed by atoms with E-state index in [1.807, 2.05) is 0 Å². The highest BCUT2D eigenvalue weighted by atomic mass is 16.4. The summed E-state index contributed by atoms with van der Waals surface area (Å²) >= 11 is 0. The highest BCUT2D eigenvalue weighted by Crippen LogP contribution is 2.22. The summed E-state index contributed by atoms with van der Waals surface area (Å²) in [4.78, 5) is 0. The third-order valence-electron chi connectivity index (χ3n) is 21.5. The number of rotatable bonds is 64. The highest BCUT2D eigenvalue weighted by Gasteiger charge is 2.36. The summed E-state index contributed by atoms with van der Waals surface area (Å²) in [5.74, 6) is 0. The van der Waals surface area contributed by atoms with Crippen molar-refractivity contribution in [2.24, 2.45) is 86.6 Å². The summed E-state index contributed by atoms with van der Waals surface area (Å²) in [6, 6.07) is 0. The lowest BCUT2D eigenvalue weighted by Gasteiger charge is -2.23. The van der Waals surface area contributed by atoms with Crippen LogP contribution in [-0.2, 0) is 0 Å². The molecule has 0 bridgehead atoms. The standard InChI is InChI=1S/16C5H12O4/c16*6-1-5(2-7,3-8)4-9/h16*6-9H,1-4H2. The lowest BCUT2D eigenvalue weighted by Crippen LogP contribution is -2.37. The van der Waals surface area contributed by atoms with E-state index >= 15 is 0 Å². The van der Waals surface area contributed by atoms with Crippen molar-refractivity contribution >= 4 is 0 Å². The van der Waals surface area contributed by atoms with E-state index in [4.69, 9.17) is 327 Å². The van der Waals surface area contributed by atoms with Crippen LogP contribution in [0.5, 0.6) is 0 Å². The normalized spacial score (nSPS) is 12.0.